The molecule has 0 fully saturated rings. The summed E-state index contributed by atoms with van der Waals surface area (Å²) >= 11 is 9.34. The van der Waals surface area contributed by atoms with Gasteiger partial charge in [0.2, 0.25) is 0 Å². The highest BCUT2D eigenvalue weighted by Gasteiger charge is 2.49. The molecule has 0 saturated carbocycles. The topological polar surface area (TPSA) is 47.9 Å². The third kappa shape index (κ3) is 10.0. The second-order valence-electron chi connectivity index (χ2n) is 5.68. The lowest BCUT2D eigenvalue weighted by Gasteiger charge is -2.35. The van der Waals surface area contributed by atoms with Crippen LogP contribution < -0.4 is 0 Å². The maximum absolute atomic E-state index is 9.64. The van der Waals surface area contributed by atoms with Crippen LogP contribution in [0, 0.1) is 0 Å². The molecular formula is C16H34O4S2Si. The lowest BCUT2D eigenvalue weighted by molar-refractivity contribution is 0.0596. The summed E-state index contributed by atoms with van der Waals surface area (Å²) < 4.78 is 17.9. The molecule has 0 amide bonds. The highest BCUT2D eigenvalue weighted by atomic mass is 32.1. The van der Waals surface area contributed by atoms with E-state index in [0.29, 0.717) is 31.5 Å². The quantitative estimate of drug-likeness (QED) is 0.182. The molecule has 1 N–H and O–H groups in total. The van der Waals surface area contributed by atoms with Crippen molar-refractivity contribution in [3.63, 3.8) is 0 Å². The number of hydrogen-bond donors (Lipinski definition) is 2. The summed E-state index contributed by atoms with van der Waals surface area (Å²) in [7, 11) is -2.83. The van der Waals surface area contributed by atoms with Crippen LogP contribution in [0.4, 0.5) is 0 Å². The number of hydrogen-bond acceptors (Lipinski definition) is 5. The molecule has 23 heavy (non-hydrogen) atoms. The minimum atomic E-state index is -2.83. The average Bonchev–Trinajstić information content (AvgIpc) is 2.45. The Labute approximate surface area is 154 Å². The van der Waals surface area contributed by atoms with E-state index in [2.05, 4.69) is 19.6 Å². The van der Waals surface area contributed by atoms with Crippen molar-refractivity contribution >= 4 is 38.7 Å². The zero-order valence-electron chi connectivity index (χ0n) is 15.0. The summed E-state index contributed by atoms with van der Waals surface area (Å²) in [5.41, 5.74) is 0.0216. The summed E-state index contributed by atoms with van der Waals surface area (Å²) in [4.78, 5) is 0. The van der Waals surface area contributed by atoms with E-state index in [1.807, 2.05) is 20.8 Å². The van der Waals surface area contributed by atoms with Crippen LogP contribution >= 0.6 is 24.8 Å². The van der Waals surface area contributed by atoms with Crippen LogP contribution in [0.5, 0.6) is 0 Å². The highest BCUT2D eigenvalue weighted by Crippen LogP contribution is 2.34. The molecule has 0 spiro atoms. The molecule has 2 atom stereocenters. The van der Waals surface area contributed by atoms with Crippen LogP contribution in [0.3, 0.4) is 0 Å². The maximum atomic E-state index is 9.64. The minimum Gasteiger partial charge on any atom is -0.502 e. The van der Waals surface area contributed by atoms with Crippen molar-refractivity contribution in [2.75, 3.05) is 19.8 Å². The predicted molar refractivity (Wildman–Crippen MR) is 106 cm³/mol. The Bertz CT molecular complexity index is 299. The largest absolute Gasteiger partial charge is 0.504 e. The SMILES string of the molecule is CCO[Si](OCC)(OCC)C(CCCCCC(C)S)CC(O)=S. The molecule has 0 rings (SSSR count). The van der Waals surface area contributed by atoms with Crippen LogP contribution in [0.25, 0.3) is 0 Å². The molecule has 7 heteroatoms. The van der Waals surface area contributed by atoms with Crippen molar-refractivity contribution in [3.8, 4) is 0 Å². The lowest BCUT2D eigenvalue weighted by atomic mass is 10.1. The van der Waals surface area contributed by atoms with Crippen molar-refractivity contribution in [3.05, 3.63) is 0 Å². The standard InChI is InChI=1S/C16H34O4S2Si/c1-5-18-23(19-6-2,20-7-3)15(13-16(17)22)12-10-8-9-11-14(4)21/h14-15,21H,5-13H2,1-4H3,(H,17,22). The molecule has 0 saturated heterocycles. The number of aliphatic hydroxyl groups excluding tert-OH is 1. The molecule has 0 aliphatic carbocycles. The van der Waals surface area contributed by atoms with Crippen LogP contribution in [0.1, 0.15) is 66.2 Å². The monoisotopic (exact) mass is 382 g/mol. The van der Waals surface area contributed by atoms with Gasteiger partial charge in [0.1, 0.15) is 0 Å². The average molecular weight is 383 g/mol. The van der Waals surface area contributed by atoms with E-state index in [9.17, 15) is 5.11 Å². The number of unbranched alkanes of at least 4 members (excludes halogenated alkanes) is 2. The van der Waals surface area contributed by atoms with Gasteiger partial charge in [0.25, 0.3) is 0 Å². The molecule has 0 aromatic carbocycles. The number of aliphatic hydroxyl groups is 1. The van der Waals surface area contributed by atoms with Crippen LogP contribution in [-0.2, 0) is 13.3 Å². The van der Waals surface area contributed by atoms with Gasteiger partial charge in [-0.15, -0.1) is 0 Å². The Hall–Kier alpha value is 0.337. The molecular weight excluding hydrogens is 348 g/mol. The third-order valence-corrected chi connectivity index (χ3v) is 7.62. The van der Waals surface area contributed by atoms with E-state index in [4.69, 9.17) is 25.5 Å². The van der Waals surface area contributed by atoms with Crippen LogP contribution in [0.15, 0.2) is 0 Å². The van der Waals surface area contributed by atoms with Crippen LogP contribution in [-0.4, -0.2) is 44.0 Å². The molecule has 0 aliphatic rings. The fraction of sp³-hybridized carbons (Fsp3) is 0.938. The Morgan fingerprint density at radius 3 is 1.87 bits per heavy atom. The van der Waals surface area contributed by atoms with Gasteiger partial charge < -0.3 is 18.4 Å². The van der Waals surface area contributed by atoms with Gasteiger partial charge in [-0.25, -0.2) is 0 Å². The number of thiocarbonyl (C=S) groups is 1. The maximum Gasteiger partial charge on any atom is 0.504 e. The molecule has 0 heterocycles. The van der Waals surface area contributed by atoms with Gasteiger partial charge in [0.05, 0.1) is 0 Å². The van der Waals surface area contributed by atoms with Gasteiger partial charge in [-0.3, -0.25) is 0 Å². The first-order valence-corrected chi connectivity index (χ1v) is 11.5. The number of thiol groups is 1. The Morgan fingerprint density at radius 1 is 1.00 bits per heavy atom. The van der Waals surface area contributed by atoms with Crippen molar-refractivity contribution in [1.29, 1.82) is 0 Å². The van der Waals surface area contributed by atoms with E-state index < -0.39 is 8.80 Å². The highest BCUT2D eigenvalue weighted by molar-refractivity contribution is 7.80. The molecule has 2 unspecified atom stereocenters. The first kappa shape index (κ1) is 23.3. The first-order valence-electron chi connectivity index (χ1n) is 8.73. The zero-order chi connectivity index (χ0) is 17.7. The summed E-state index contributed by atoms with van der Waals surface area (Å²) in [6.45, 7) is 9.58. The Balaban J connectivity index is 4.85. The zero-order valence-corrected chi connectivity index (χ0v) is 17.8. The van der Waals surface area contributed by atoms with E-state index in [1.54, 1.807) is 0 Å². The molecule has 0 aromatic heterocycles. The third-order valence-electron chi connectivity index (χ3n) is 3.63. The predicted octanol–water partition coefficient (Wildman–Crippen LogP) is 4.95. The summed E-state index contributed by atoms with van der Waals surface area (Å²) in [5.74, 6) is 0. The fourth-order valence-electron chi connectivity index (χ4n) is 2.70. The summed E-state index contributed by atoms with van der Waals surface area (Å²) in [5, 5.41) is 10.1. The minimum absolute atomic E-state index is 0.00923. The second kappa shape index (κ2) is 13.6. The van der Waals surface area contributed by atoms with E-state index in [0.717, 1.165) is 32.1 Å². The summed E-state index contributed by atoms with van der Waals surface area (Å²) in [6, 6.07) is 0. The van der Waals surface area contributed by atoms with Gasteiger partial charge in [-0.05, 0) is 51.1 Å². The van der Waals surface area contributed by atoms with Gasteiger partial charge in [0, 0.05) is 31.8 Å². The number of rotatable bonds is 15. The molecule has 0 aliphatic heterocycles. The van der Waals surface area contributed by atoms with Gasteiger partial charge in [-0.2, -0.15) is 12.6 Å². The molecule has 0 bridgehead atoms. The second-order valence-corrected chi connectivity index (χ2v) is 9.93. The van der Waals surface area contributed by atoms with Gasteiger partial charge in [-0.1, -0.05) is 26.2 Å². The Morgan fingerprint density at radius 2 is 1.48 bits per heavy atom. The van der Waals surface area contributed by atoms with Crippen molar-refractivity contribution in [2.24, 2.45) is 0 Å². The normalized spacial score (nSPS) is 14.7. The van der Waals surface area contributed by atoms with Gasteiger partial charge >= 0.3 is 8.80 Å². The van der Waals surface area contributed by atoms with Crippen LogP contribution in [0.2, 0.25) is 5.54 Å². The molecule has 0 aromatic rings. The molecule has 0 radical (unpaired) electrons. The van der Waals surface area contributed by atoms with Gasteiger partial charge in [0.15, 0.2) is 5.05 Å². The lowest BCUT2D eigenvalue weighted by Crippen LogP contribution is -2.51. The van der Waals surface area contributed by atoms with E-state index in [1.165, 1.54) is 0 Å². The van der Waals surface area contributed by atoms with E-state index in [-0.39, 0.29) is 10.6 Å². The van der Waals surface area contributed by atoms with Crippen molar-refractivity contribution in [1.82, 2.24) is 0 Å². The molecule has 138 valence electrons. The molecule has 4 nitrogen and oxygen atoms in total. The first-order chi connectivity index (χ1) is 10.9. The van der Waals surface area contributed by atoms with Crippen molar-refractivity contribution in [2.45, 2.75) is 77.0 Å². The Kier molecular flexibility index (Phi) is 13.8. The summed E-state index contributed by atoms with van der Waals surface area (Å²) in [6.07, 6.45) is 5.77. The fourth-order valence-corrected chi connectivity index (χ4v) is 6.40. The van der Waals surface area contributed by atoms with E-state index >= 15 is 0 Å². The smallest absolute Gasteiger partial charge is 0.502 e. The van der Waals surface area contributed by atoms with Crippen molar-refractivity contribution < 1.29 is 18.4 Å².